The number of nitrogens with zero attached hydrogens (tertiary/aromatic N) is 2. The van der Waals surface area contributed by atoms with Crippen LogP contribution in [0.1, 0.15) is 5.56 Å². The summed E-state index contributed by atoms with van der Waals surface area (Å²) in [5, 5.41) is 16.7. The molecule has 0 atom stereocenters. The zero-order chi connectivity index (χ0) is 14.5. The molecule has 0 spiro atoms. The van der Waals surface area contributed by atoms with E-state index in [0.29, 0.717) is 0 Å². The van der Waals surface area contributed by atoms with Gasteiger partial charge in [-0.2, -0.15) is 23.7 Å². The maximum atomic E-state index is 12.4. The van der Waals surface area contributed by atoms with E-state index in [-0.39, 0.29) is 16.3 Å². The van der Waals surface area contributed by atoms with E-state index < -0.39 is 11.7 Å². The highest BCUT2D eigenvalue weighted by Gasteiger charge is 2.30. The summed E-state index contributed by atoms with van der Waals surface area (Å²) in [6.45, 7) is 0. The van der Waals surface area contributed by atoms with Crippen LogP contribution in [0.25, 0.3) is 0 Å². The molecule has 1 aromatic carbocycles. The number of anilines is 1. The van der Waals surface area contributed by atoms with Gasteiger partial charge in [0.25, 0.3) is 0 Å². The van der Waals surface area contributed by atoms with Gasteiger partial charge < -0.3 is 5.43 Å². The van der Waals surface area contributed by atoms with Crippen LogP contribution in [0.4, 0.5) is 18.9 Å². The van der Waals surface area contributed by atoms with Crippen molar-refractivity contribution in [2.45, 2.75) is 6.18 Å². The first-order valence-corrected chi connectivity index (χ1v) is 5.15. The van der Waals surface area contributed by atoms with Crippen LogP contribution in [0.3, 0.4) is 0 Å². The number of benzene rings is 1. The van der Waals surface area contributed by atoms with Gasteiger partial charge >= 0.3 is 6.18 Å². The Balaban J connectivity index is 2.81. The van der Waals surface area contributed by atoms with Crippen LogP contribution in [0.5, 0.6) is 0 Å². The highest BCUT2D eigenvalue weighted by Crippen LogP contribution is 2.33. The monoisotopic (exact) mass is 286 g/mol. The second-order valence-electron chi connectivity index (χ2n) is 3.24. The van der Waals surface area contributed by atoms with Crippen LogP contribution < -0.4 is 10.9 Å². The predicted octanol–water partition coefficient (Wildman–Crippen LogP) is 3.21. The maximum Gasteiger partial charge on any atom is 0.416 e. The number of hydrazine groups is 1. The van der Waals surface area contributed by atoms with Gasteiger partial charge in [0, 0.05) is 6.20 Å². The van der Waals surface area contributed by atoms with Crippen LogP contribution in [0, 0.1) is 22.7 Å². The van der Waals surface area contributed by atoms with Gasteiger partial charge in [0.05, 0.1) is 16.3 Å². The molecule has 1 rings (SSSR count). The molecular formula is C11H6ClF3N4. The minimum atomic E-state index is -4.47. The Labute approximate surface area is 111 Å². The highest BCUT2D eigenvalue weighted by molar-refractivity contribution is 6.33. The van der Waals surface area contributed by atoms with Crippen molar-refractivity contribution in [3.63, 3.8) is 0 Å². The summed E-state index contributed by atoms with van der Waals surface area (Å²) in [6.07, 6.45) is -3.40. The lowest BCUT2D eigenvalue weighted by Gasteiger charge is -2.11. The first-order valence-electron chi connectivity index (χ1n) is 4.77. The van der Waals surface area contributed by atoms with Gasteiger partial charge in [-0.15, -0.1) is 0 Å². The van der Waals surface area contributed by atoms with E-state index in [9.17, 15) is 13.2 Å². The lowest BCUT2D eigenvalue weighted by Crippen LogP contribution is -2.15. The molecule has 98 valence electrons. The van der Waals surface area contributed by atoms with E-state index in [2.05, 4.69) is 10.9 Å². The molecule has 19 heavy (non-hydrogen) atoms. The molecule has 0 aliphatic heterocycles. The van der Waals surface area contributed by atoms with E-state index in [1.165, 1.54) is 0 Å². The number of halogens is 4. The second kappa shape index (κ2) is 5.98. The summed E-state index contributed by atoms with van der Waals surface area (Å²) in [5.74, 6) is 0. The molecule has 0 bridgehead atoms. The highest BCUT2D eigenvalue weighted by atomic mass is 35.5. The zero-order valence-electron chi connectivity index (χ0n) is 9.22. The van der Waals surface area contributed by atoms with Crippen LogP contribution in [-0.2, 0) is 6.18 Å². The molecule has 0 saturated heterocycles. The number of allylic oxidation sites excluding steroid dienone is 1. The minimum Gasteiger partial charge on any atom is -0.306 e. The molecule has 2 N–H and O–H groups in total. The lowest BCUT2D eigenvalue weighted by atomic mass is 10.2. The van der Waals surface area contributed by atoms with Crippen LogP contribution >= 0.6 is 11.6 Å². The number of rotatable bonds is 3. The molecule has 4 nitrogen and oxygen atoms in total. The van der Waals surface area contributed by atoms with E-state index in [1.54, 1.807) is 12.1 Å². The van der Waals surface area contributed by atoms with Gasteiger partial charge in [0.15, 0.2) is 0 Å². The molecule has 0 radical (unpaired) electrons. The van der Waals surface area contributed by atoms with E-state index in [4.69, 9.17) is 22.1 Å². The van der Waals surface area contributed by atoms with Crippen molar-refractivity contribution in [1.29, 1.82) is 10.5 Å². The van der Waals surface area contributed by atoms with E-state index in [0.717, 1.165) is 24.4 Å². The molecule has 0 aliphatic carbocycles. The Morgan fingerprint density at radius 1 is 1.26 bits per heavy atom. The van der Waals surface area contributed by atoms with Crippen molar-refractivity contribution in [2.75, 3.05) is 5.43 Å². The molecule has 8 heteroatoms. The Morgan fingerprint density at radius 2 is 1.89 bits per heavy atom. The smallest absolute Gasteiger partial charge is 0.306 e. The Bertz CT molecular complexity index is 565. The lowest BCUT2D eigenvalue weighted by molar-refractivity contribution is -0.137. The second-order valence-corrected chi connectivity index (χ2v) is 3.65. The fourth-order valence-electron chi connectivity index (χ4n) is 1.07. The zero-order valence-corrected chi connectivity index (χ0v) is 9.97. The van der Waals surface area contributed by atoms with Gasteiger partial charge in [-0.25, -0.2) is 0 Å². The number of nitriles is 2. The average molecular weight is 287 g/mol. The maximum absolute atomic E-state index is 12.4. The molecular weight excluding hydrogens is 281 g/mol. The Hall–Kier alpha value is -2.38. The number of hydrogen-bond donors (Lipinski definition) is 2. The number of alkyl halides is 3. The third kappa shape index (κ3) is 4.09. The average Bonchev–Trinajstić information content (AvgIpc) is 2.35. The topological polar surface area (TPSA) is 71.6 Å². The largest absolute Gasteiger partial charge is 0.416 e. The molecule has 0 unspecified atom stereocenters. The fraction of sp³-hybridized carbons (Fsp3) is 0.0909. The van der Waals surface area contributed by atoms with Gasteiger partial charge in [0.2, 0.25) is 0 Å². The van der Waals surface area contributed by atoms with Gasteiger partial charge in [-0.3, -0.25) is 5.43 Å². The Kier molecular flexibility index (Phi) is 4.62. The normalized spacial score (nSPS) is 10.0. The van der Waals surface area contributed by atoms with Crippen molar-refractivity contribution in [3.05, 3.63) is 40.6 Å². The summed E-state index contributed by atoms with van der Waals surface area (Å²) in [4.78, 5) is 0. The van der Waals surface area contributed by atoms with Crippen molar-refractivity contribution in [1.82, 2.24) is 5.43 Å². The first-order chi connectivity index (χ1) is 8.88. The summed E-state index contributed by atoms with van der Waals surface area (Å²) in [6, 6.07) is 5.95. The number of nitrogens with one attached hydrogen (secondary N) is 2. The van der Waals surface area contributed by atoms with Crippen molar-refractivity contribution >= 4 is 17.3 Å². The summed E-state index contributed by atoms with van der Waals surface area (Å²) in [7, 11) is 0. The molecule has 0 aromatic heterocycles. The third-order valence-electron chi connectivity index (χ3n) is 1.96. The summed E-state index contributed by atoms with van der Waals surface area (Å²) >= 11 is 5.67. The van der Waals surface area contributed by atoms with Crippen LogP contribution in [0.15, 0.2) is 30.0 Å². The van der Waals surface area contributed by atoms with Crippen LogP contribution in [-0.4, -0.2) is 0 Å². The standard InChI is InChI=1S/C11H6ClF3N4/c12-9-3-8(11(13,14)15)1-2-10(9)19-18-6-7(4-16)5-17/h1-3,6,18-19H. The molecule has 0 fully saturated rings. The van der Waals surface area contributed by atoms with Gasteiger partial charge in [0.1, 0.15) is 17.7 Å². The van der Waals surface area contributed by atoms with Crippen LogP contribution in [0.2, 0.25) is 5.02 Å². The van der Waals surface area contributed by atoms with Crippen molar-refractivity contribution < 1.29 is 13.2 Å². The van der Waals surface area contributed by atoms with Crippen molar-refractivity contribution in [3.8, 4) is 12.1 Å². The molecule has 1 aromatic rings. The van der Waals surface area contributed by atoms with Crippen molar-refractivity contribution in [2.24, 2.45) is 0 Å². The summed E-state index contributed by atoms with van der Waals surface area (Å²) in [5.41, 5.74) is 3.96. The van der Waals surface area contributed by atoms with Gasteiger partial charge in [-0.1, -0.05) is 11.6 Å². The molecule has 0 amide bonds. The number of hydrogen-bond acceptors (Lipinski definition) is 4. The molecule has 0 heterocycles. The Morgan fingerprint density at radius 3 is 2.37 bits per heavy atom. The predicted molar refractivity (Wildman–Crippen MR) is 62.5 cm³/mol. The first kappa shape index (κ1) is 14.7. The fourth-order valence-corrected chi connectivity index (χ4v) is 1.30. The molecule has 0 aliphatic rings. The summed E-state index contributed by atoms with van der Waals surface area (Å²) < 4.78 is 37.1. The third-order valence-corrected chi connectivity index (χ3v) is 2.27. The van der Waals surface area contributed by atoms with E-state index >= 15 is 0 Å². The molecule has 0 saturated carbocycles. The van der Waals surface area contributed by atoms with Gasteiger partial charge in [-0.05, 0) is 18.2 Å². The quantitative estimate of drug-likeness (QED) is 0.661. The SMILES string of the molecule is N#CC(C#N)=CNNc1ccc(C(F)(F)F)cc1Cl. The van der Waals surface area contributed by atoms with E-state index in [1.807, 2.05) is 0 Å². The minimum absolute atomic E-state index is 0.147.